The number of nitrogens with one attached hydrogen (secondary N) is 1. The topological polar surface area (TPSA) is 24.9 Å². The molecule has 0 aliphatic heterocycles. The predicted octanol–water partition coefficient (Wildman–Crippen LogP) is 4.28. The Labute approximate surface area is 104 Å². The molecule has 1 unspecified atom stereocenters. The molecule has 0 bridgehead atoms. The molecule has 1 N–H and O–H groups in total. The number of anilines is 1. The minimum atomic E-state index is 0.294. The molecule has 2 nitrogen and oxygen atoms in total. The lowest BCUT2D eigenvalue weighted by molar-refractivity contribution is 0.905. The summed E-state index contributed by atoms with van der Waals surface area (Å²) in [7, 11) is 0. The third-order valence-corrected chi connectivity index (χ3v) is 3.82. The second-order valence-electron chi connectivity index (χ2n) is 3.71. The van der Waals surface area contributed by atoms with E-state index in [-0.39, 0.29) is 0 Å². The summed E-state index contributed by atoms with van der Waals surface area (Å²) in [5.41, 5.74) is 1.99. The van der Waals surface area contributed by atoms with Crippen LogP contribution < -0.4 is 5.32 Å². The molecule has 0 aromatic carbocycles. The number of pyridine rings is 1. The molecule has 0 amide bonds. The van der Waals surface area contributed by atoms with Crippen LogP contribution in [0.1, 0.15) is 23.4 Å². The van der Waals surface area contributed by atoms with Crippen LogP contribution in [0.2, 0.25) is 5.15 Å². The summed E-state index contributed by atoms with van der Waals surface area (Å²) in [6, 6.07) is 6.49. The molecule has 0 saturated carbocycles. The van der Waals surface area contributed by atoms with Crippen LogP contribution in [0, 0.1) is 6.92 Å². The normalized spacial score (nSPS) is 12.4. The molecule has 16 heavy (non-hydrogen) atoms. The van der Waals surface area contributed by atoms with Crippen LogP contribution in [0.4, 0.5) is 5.69 Å². The van der Waals surface area contributed by atoms with E-state index in [4.69, 9.17) is 11.6 Å². The second kappa shape index (κ2) is 4.85. The highest BCUT2D eigenvalue weighted by atomic mass is 35.5. The monoisotopic (exact) mass is 252 g/mol. The maximum atomic E-state index is 5.88. The van der Waals surface area contributed by atoms with Crippen LogP contribution in [-0.2, 0) is 0 Å². The standard InChI is InChI=1S/C12H13ClN2S/c1-8-6-10(7-14-12(8)13)15-9(2)11-4-3-5-16-11/h3-7,9,15H,1-2H3. The van der Waals surface area contributed by atoms with Crippen molar-refractivity contribution in [2.75, 3.05) is 5.32 Å². The van der Waals surface area contributed by atoms with Crippen molar-refractivity contribution in [2.45, 2.75) is 19.9 Å². The summed E-state index contributed by atoms with van der Waals surface area (Å²) >= 11 is 7.63. The van der Waals surface area contributed by atoms with E-state index in [2.05, 4.69) is 34.7 Å². The van der Waals surface area contributed by atoms with Gasteiger partial charge in [-0.15, -0.1) is 11.3 Å². The minimum Gasteiger partial charge on any atom is -0.376 e. The van der Waals surface area contributed by atoms with Crippen LogP contribution in [0.15, 0.2) is 29.8 Å². The van der Waals surface area contributed by atoms with Crippen LogP contribution in [0.5, 0.6) is 0 Å². The largest absolute Gasteiger partial charge is 0.376 e. The van der Waals surface area contributed by atoms with Crippen molar-refractivity contribution in [1.29, 1.82) is 0 Å². The number of aryl methyl sites for hydroxylation is 1. The Balaban J connectivity index is 2.12. The van der Waals surface area contributed by atoms with Gasteiger partial charge in [0.1, 0.15) is 5.15 Å². The van der Waals surface area contributed by atoms with Gasteiger partial charge in [0.2, 0.25) is 0 Å². The average molecular weight is 253 g/mol. The maximum Gasteiger partial charge on any atom is 0.132 e. The van der Waals surface area contributed by atoms with Gasteiger partial charge in [-0.05, 0) is 36.9 Å². The first-order chi connectivity index (χ1) is 7.66. The molecule has 2 aromatic heterocycles. The van der Waals surface area contributed by atoms with Crippen molar-refractivity contribution in [3.63, 3.8) is 0 Å². The molecule has 0 aliphatic rings. The van der Waals surface area contributed by atoms with E-state index in [1.165, 1.54) is 4.88 Å². The molecule has 0 saturated heterocycles. The number of thiophene rings is 1. The Bertz CT molecular complexity index is 468. The van der Waals surface area contributed by atoms with E-state index in [1.54, 1.807) is 17.5 Å². The van der Waals surface area contributed by atoms with Gasteiger partial charge in [0.25, 0.3) is 0 Å². The van der Waals surface area contributed by atoms with Gasteiger partial charge in [-0.2, -0.15) is 0 Å². The number of aromatic nitrogens is 1. The molecule has 1 atom stereocenters. The lowest BCUT2D eigenvalue weighted by Gasteiger charge is -2.13. The SMILES string of the molecule is Cc1cc(NC(C)c2cccs2)cnc1Cl. The first-order valence-electron chi connectivity index (χ1n) is 5.09. The molecule has 2 rings (SSSR count). The Morgan fingerprint density at radius 1 is 1.50 bits per heavy atom. The van der Waals surface area contributed by atoms with Gasteiger partial charge in [-0.1, -0.05) is 17.7 Å². The van der Waals surface area contributed by atoms with Crippen molar-refractivity contribution in [3.05, 3.63) is 45.4 Å². The van der Waals surface area contributed by atoms with Crippen molar-refractivity contribution >= 4 is 28.6 Å². The molecule has 84 valence electrons. The first kappa shape index (κ1) is 11.4. The summed E-state index contributed by atoms with van der Waals surface area (Å²) in [4.78, 5) is 5.43. The highest BCUT2D eigenvalue weighted by molar-refractivity contribution is 7.10. The van der Waals surface area contributed by atoms with Crippen LogP contribution in [0.3, 0.4) is 0 Å². The van der Waals surface area contributed by atoms with Gasteiger partial charge in [-0.3, -0.25) is 0 Å². The van der Waals surface area contributed by atoms with Crippen LogP contribution in [0.25, 0.3) is 0 Å². The number of rotatable bonds is 3. The van der Waals surface area contributed by atoms with Crippen LogP contribution >= 0.6 is 22.9 Å². The molecule has 0 fully saturated rings. The Morgan fingerprint density at radius 2 is 2.31 bits per heavy atom. The molecule has 2 aromatic rings. The maximum absolute atomic E-state index is 5.88. The highest BCUT2D eigenvalue weighted by Gasteiger charge is 2.07. The first-order valence-corrected chi connectivity index (χ1v) is 6.34. The molecular weight excluding hydrogens is 240 g/mol. The smallest absolute Gasteiger partial charge is 0.132 e. The second-order valence-corrected chi connectivity index (χ2v) is 5.05. The number of nitrogens with zero attached hydrogens (tertiary/aromatic N) is 1. The van der Waals surface area contributed by atoms with E-state index < -0.39 is 0 Å². The van der Waals surface area contributed by atoms with Gasteiger partial charge in [0.05, 0.1) is 17.9 Å². The zero-order chi connectivity index (χ0) is 11.5. The van der Waals surface area contributed by atoms with E-state index in [1.807, 2.05) is 13.0 Å². The van der Waals surface area contributed by atoms with Crippen LogP contribution in [-0.4, -0.2) is 4.98 Å². The average Bonchev–Trinajstić information content (AvgIpc) is 2.77. The van der Waals surface area contributed by atoms with Crippen molar-refractivity contribution < 1.29 is 0 Å². The third kappa shape index (κ3) is 2.54. The summed E-state index contributed by atoms with van der Waals surface area (Å²) in [5, 5.41) is 6.05. The summed E-state index contributed by atoms with van der Waals surface area (Å²) in [6.45, 7) is 4.09. The minimum absolute atomic E-state index is 0.294. The summed E-state index contributed by atoms with van der Waals surface area (Å²) in [6.07, 6.45) is 1.76. The number of hydrogen-bond acceptors (Lipinski definition) is 3. The molecule has 0 radical (unpaired) electrons. The fourth-order valence-corrected chi connectivity index (χ4v) is 2.33. The number of hydrogen-bond donors (Lipinski definition) is 1. The lowest BCUT2D eigenvalue weighted by atomic mass is 10.2. The Kier molecular flexibility index (Phi) is 3.46. The summed E-state index contributed by atoms with van der Waals surface area (Å²) in [5.74, 6) is 0. The zero-order valence-electron chi connectivity index (χ0n) is 9.20. The van der Waals surface area contributed by atoms with Gasteiger partial charge in [0, 0.05) is 4.88 Å². The van der Waals surface area contributed by atoms with Crippen molar-refractivity contribution in [2.24, 2.45) is 0 Å². The van der Waals surface area contributed by atoms with Crippen molar-refractivity contribution in [1.82, 2.24) is 4.98 Å². The molecule has 0 aliphatic carbocycles. The van der Waals surface area contributed by atoms with Gasteiger partial charge in [0.15, 0.2) is 0 Å². The highest BCUT2D eigenvalue weighted by Crippen LogP contribution is 2.24. The van der Waals surface area contributed by atoms with E-state index in [0.717, 1.165) is 11.3 Å². The van der Waals surface area contributed by atoms with Gasteiger partial charge in [-0.25, -0.2) is 4.98 Å². The fourth-order valence-electron chi connectivity index (χ4n) is 1.50. The van der Waals surface area contributed by atoms with E-state index in [9.17, 15) is 0 Å². The Morgan fingerprint density at radius 3 is 2.94 bits per heavy atom. The molecule has 2 heterocycles. The quantitative estimate of drug-likeness (QED) is 0.825. The van der Waals surface area contributed by atoms with Gasteiger partial charge < -0.3 is 5.32 Å². The molecule has 4 heteroatoms. The Hall–Kier alpha value is -1.06. The van der Waals surface area contributed by atoms with Gasteiger partial charge >= 0.3 is 0 Å². The van der Waals surface area contributed by atoms with Crippen molar-refractivity contribution in [3.8, 4) is 0 Å². The number of halogens is 1. The van der Waals surface area contributed by atoms with E-state index in [0.29, 0.717) is 11.2 Å². The zero-order valence-corrected chi connectivity index (χ0v) is 10.8. The fraction of sp³-hybridized carbons (Fsp3) is 0.250. The lowest BCUT2D eigenvalue weighted by Crippen LogP contribution is -2.05. The third-order valence-electron chi connectivity index (χ3n) is 2.37. The molecular formula is C12H13ClN2S. The molecule has 0 spiro atoms. The predicted molar refractivity (Wildman–Crippen MR) is 70.3 cm³/mol. The van der Waals surface area contributed by atoms with E-state index >= 15 is 0 Å². The summed E-state index contributed by atoms with van der Waals surface area (Å²) < 4.78 is 0.